The second-order valence-corrected chi connectivity index (χ2v) is 6.20. The summed E-state index contributed by atoms with van der Waals surface area (Å²) in [5.41, 5.74) is 1.28. The van der Waals surface area contributed by atoms with Crippen molar-refractivity contribution in [3.63, 3.8) is 0 Å². The molecule has 1 unspecified atom stereocenters. The normalized spacial score (nSPS) is 12.5. The fourth-order valence-electron chi connectivity index (χ4n) is 2.55. The molecular formula is C18H19NOS. The van der Waals surface area contributed by atoms with Gasteiger partial charge in [-0.15, -0.1) is 11.3 Å². The van der Waals surface area contributed by atoms with E-state index in [1.807, 2.05) is 30.5 Å². The number of ether oxygens (including phenoxy) is 1. The molecule has 108 valence electrons. The van der Waals surface area contributed by atoms with Crippen molar-refractivity contribution in [2.24, 2.45) is 0 Å². The monoisotopic (exact) mass is 297 g/mol. The third kappa shape index (κ3) is 3.09. The van der Waals surface area contributed by atoms with Crippen LogP contribution in [-0.4, -0.2) is 14.2 Å². The zero-order valence-corrected chi connectivity index (χ0v) is 13.1. The zero-order chi connectivity index (χ0) is 14.7. The third-order valence-electron chi connectivity index (χ3n) is 3.71. The SMILES string of the molecule is CNC(Cc1cccc(OC)c1)c1cc2ccccc2s1. The van der Waals surface area contributed by atoms with Crippen molar-refractivity contribution in [2.75, 3.05) is 14.2 Å². The Bertz CT molecular complexity index is 702. The first-order valence-electron chi connectivity index (χ1n) is 7.09. The molecule has 21 heavy (non-hydrogen) atoms. The average Bonchev–Trinajstić information content (AvgIpc) is 2.96. The smallest absolute Gasteiger partial charge is 0.119 e. The Morgan fingerprint density at radius 3 is 2.71 bits per heavy atom. The molecule has 0 aliphatic rings. The maximum Gasteiger partial charge on any atom is 0.119 e. The summed E-state index contributed by atoms with van der Waals surface area (Å²) >= 11 is 1.87. The summed E-state index contributed by atoms with van der Waals surface area (Å²) in [5, 5.41) is 4.76. The van der Waals surface area contributed by atoms with Crippen molar-refractivity contribution in [2.45, 2.75) is 12.5 Å². The van der Waals surface area contributed by atoms with E-state index in [9.17, 15) is 0 Å². The van der Waals surface area contributed by atoms with E-state index in [0.29, 0.717) is 6.04 Å². The minimum Gasteiger partial charge on any atom is -0.497 e. The topological polar surface area (TPSA) is 21.3 Å². The maximum atomic E-state index is 5.31. The predicted octanol–water partition coefficient (Wildman–Crippen LogP) is 4.41. The van der Waals surface area contributed by atoms with Crippen LogP contribution in [0.25, 0.3) is 10.1 Å². The van der Waals surface area contributed by atoms with Crippen LogP contribution in [0, 0.1) is 0 Å². The maximum absolute atomic E-state index is 5.31. The van der Waals surface area contributed by atoms with Gasteiger partial charge < -0.3 is 10.1 Å². The van der Waals surface area contributed by atoms with Crippen LogP contribution in [0.3, 0.4) is 0 Å². The molecule has 2 nitrogen and oxygen atoms in total. The van der Waals surface area contributed by atoms with Gasteiger partial charge >= 0.3 is 0 Å². The Labute approximate surface area is 129 Å². The molecule has 1 aromatic heterocycles. The van der Waals surface area contributed by atoms with Crippen LogP contribution in [-0.2, 0) is 6.42 Å². The zero-order valence-electron chi connectivity index (χ0n) is 12.3. The fraction of sp³-hybridized carbons (Fsp3) is 0.222. The molecule has 0 amide bonds. The van der Waals surface area contributed by atoms with Gasteiger partial charge in [-0.1, -0.05) is 30.3 Å². The van der Waals surface area contributed by atoms with Crippen molar-refractivity contribution in [3.05, 3.63) is 65.0 Å². The van der Waals surface area contributed by atoms with Crippen LogP contribution < -0.4 is 10.1 Å². The van der Waals surface area contributed by atoms with E-state index in [1.54, 1.807) is 7.11 Å². The van der Waals surface area contributed by atoms with Gasteiger partial charge in [-0.05, 0) is 48.7 Å². The molecule has 0 radical (unpaired) electrons. The van der Waals surface area contributed by atoms with Gasteiger partial charge in [0.05, 0.1) is 7.11 Å². The standard InChI is InChI=1S/C18H19NOS/c1-19-16(11-13-6-5-8-15(10-13)20-2)18-12-14-7-3-4-9-17(14)21-18/h3-10,12,16,19H,11H2,1-2H3. The van der Waals surface area contributed by atoms with Crippen molar-refractivity contribution in [1.82, 2.24) is 5.32 Å². The van der Waals surface area contributed by atoms with Gasteiger partial charge in [-0.2, -0.15) is 0 Å². The minimum atomic E-state index is 0.328. The van der Waals surface area contributed by atoms with Gasteiger partial charge in [0.15, 0.2) is 0 Å². The summed E-state index contributed by atoms with van der Waals surface area (Å²) < 4.78 is 6.65. The average molecular weight is 297 g/mol. The highest BCUT2D eigenvalue weighted by Gasteiger charge is 2.13. The molecule has 0 aliphatic carbocycles. The lowest BCUT2D eigenvalue weighted by Crippen LogP contribution is -2.17. The summed E-state index contributed by atoms with van der Waals surface area (Å²) in [6.45, 7) is 0. The molecule has 3 rings (SSSR count). The molecule has 0 spiro atoms. The molecule has 0 saturated heterocycles. The van der Waals surface area contributed by atoms with Gasteiger partial charge in [-0.25, -0.2) is 0 Å². The molecule has 1 heterocycles. The molecular weight excluding hydrogens is 278 g/mol. The molecule has 0 saturated carbocycles. The summed E-state index contributed by atoms with van der Waals surface area (Å²) in [7, 11) is 3.73. The Balaban J connectivity index is 1.87. The van der Waals surface area contributed by atoms with E-state index in [2.05, 4.69) is 47.8 Å². The molecule has 1 N–H and O–H groups in total. The number of thiophene rings is 1. The van der Waals surface area contributed by atoms with Gasteiger partial charge in [0, 0.05) is 15.6 Å². The van der Waals surface area contributed by atoms with Crippen molar-refractivity contribution in [3.8, 4) is 5.75 Å². The third-order valence-corrected chi connectivity index (χ3v) is 4.94. The van der Waals surface area contributed by atoms with Gasteiger partial charge in [0.2, 0.25) is 0 Å². The number of fused-ring (bicyclic) bond motifs is 1. The largest absolute Gasteiger partial charge is 0.497 e. The molecule has 0 fully saturated rings. The van der Waals surface area contributed by atoms with E-state index in [1.165, 1.54) is 20.5 Å². The number of nitrogens with one attached hydrogen (secondary N) is 1. The first-order valence-corrected chi connectivity index (χ1v) is 7.90. The van der Waals surface area contributed by atoms with Gasteiger partial charge in [0.1, 0.15) is 5.75 Å². The predicted molar refractivity (Wildman–Crippen MR) is 90.3 cm³/mol. The second kappa shape index (κ2) is 6.29. The highest BCUT2D eigenvalue weighted by Crippen LogP contribution is 2.31. The number of likely N-dealkylation sites (N-methyl/N-ethyl adjacent to an activating group) is 1. The van der Waals surface area contributed by atoms with Gasteiger partial charge in [-0.3, -0.25) is 0 Å². The summed E-state index contributed by atoms with van der Waals surface area (Å²) in [4.78, 5) is 1.38. The lowest BCUT2D eigenvalue weighted by Gasteiger charge is -2.15. The summed E-state index contributed by atoms with van der Waals surface area (Å²) in [5.74, 6) is 0.915. The van der Waals surface area contributed by atoms with E-state index in [-0.39, 0.29) is 0 Å². The lowest BCUT2D eigenvalue weighted by molar-refractivity contribution is 0.414. The van der Waals surface area contributed by atoms with E-state index >= 15 is 0 Å². The Morgan fingerprint density at radius 2 is 1.95 bits per heavy atom. The Morgan fingerprint density at radius 1 is 1.10 bits per heavy atom. The van der Waals surface area contributed by atoms with Crippen LogP contribution in [0.4, 0.5) is 0 Å². The van der Waals surface area contributed by atoms with E-state index < -0.39 is 0 Å². The van der Waals surface area contributed by atoms with E-state index in [0.717, 1.165) is 12.2 Å². The van der Waals surface area contributed by atoms with Gasteiger partial charge in [0.25, 0.3) is 0 Å². The first kappa shape index (κ1) is 14.1. The molecule has 0 aliphatic heterocycles. The second-order valence-electron chi connectivity index (χ2n) is 5.08. The van der Waals surface area contributed by atoms with E-state index in [4.69, 9.17) is 4.74 Å². The number of hydrogen-bond donors (Lipinski definition) is 1. The number of methoxy groups -OCH3 is 1. The van der Waals surface area contributed by atoms with Crippen LogP contribution in [0.15, 0.2) is 54.6 Å². The molecule has 2 aromatic carbocycles. The minimum absolute atomic E-state index is 0.328. The van der Waals surface area contributed by atoms with Crippen LogP contribution >= 0.6 is 11.3 Å². The molecule has 3 aromatic rings. The molecule has 3 heteroatoms. The first-order chi connectivity index (χ1) is 10.3. The molecule has 0 bridgehead atoms. The highest BCUT2D eigenvalue weighted by molar-refractivity contribution is 7.19. The summed E-state index contributed by atoms with van der Waals surface area (Å²) in [6, 6.07) is 19.5. The summed E-state index contributed by atoms with van der Waals surface area (Å²) in [6.07, 6.45) is 0.959. The van der Waals surface area contributed by atoms with Crippen LogP contribution in [0.2, 0.25) is 0 Å². The highest BCUT2D eigenvalue weighted by atomic mass is 32.1. The van der Waals surface area contributed by atoms with Crippen LogP contribution in [0.1, 0.15) is 16.5 Å². The van der Waals surface area contributed by atoms with Crippen molar-refractivity contribution < 1.29 is 4.74 Å². The Hall–Kier alpha value is -1.84. The number of hydrogen-bond acceptors (Lipinski definition) is 3. The molecule has 1 atom stereocenters. The number of benzene rings is 2. The van der Waals surface area contributed by atoms with Crippen LogP contribution in [0.5, 0.6) is 5.75 Å². The lowest BCUT2D eigenvalue weighted by atomic mass is 10.0. The number of rotatable bonds is 5. The quantitative estimate of drug-likeness (QED) is 0.753. The van der Waals surface area contributed by atoms with Crippen molar-refractivity contribution in [1.29, 1.82) is 0 Å². The Kier molecular flexibility index (Phi) is 4.23. The fourth-order valence-corrected chi connectivity index (χ4v) is 3.73. The van der Waals surface area contributed by atoms with Crippen molar-refractivity contribution >= 4 is 21.4 Å².